The summed E-state index contributed by atoms with van der Waals surface area (Å²) in [5.41, 5.74) is 0.806. The predicted molar refractivity (Wildman–Crippen MR) is 129 cm³/mol. The summed E-state index contributed by atoms with van der Waals surface area (Å²) in [5, 5.41) is 11.2. The standard InChI is InChI=1S/C26H29NO8/c1-6-12-35-18-9-7-16(8-10-18)23(28)21-22(27(11-13-31-2)26(30)24(21)29)17-14-19(32-3)25(34-5)20(15-17)33-4/h6-10,14-15,22,28H,1,11-13H2,2-5H3/b23-21+/t22-/m1/s1. The fourth-order valence-electron chi connectivity index (χ4n) is 3.93. The van der Waals surface area contributed by atoms with Crippen molar-refractivity contribution in [2.75, 3.05) is 48.2 Å². The maximum absolute atomic E-state index is 13.1. The minimum Gasteiger partial charge on any atom is -0.507 e. The Bertz CT molecular complexity index is 1100. The first-order chi connectivity index (χ1) is 16.9. The average molecular weight is 484 g/mol. The van der Waals surface area contributed by atoms with Crippen molar-refractivity contribution in [3.63, 3.8) is 0 Å². The van der Waals surface area contributed by atoms with Crippen molar-refractivity contribution in [2.24, 2.45) is 0 Å². The summed E-state index contributed by atoms with van der Waals surface area (Å²) in [6, 6.07) is 8.94. The van der Waals surface area contributed by atoms with E-state index in [4.69, 9.17) is 23.7 Å². The van der Waals surface area contributed by atoms with E-state index in [0.29, 0.717) is 40.7 Å². The van der Waals surface area contributed by atoms with Crippen LogP contribution in [0.2, 0.25) is 0 Å². The van der Waals surface area contributed by atoms with Gasteiger partial charge in [0.15, 0.2) is 11.5 Å². The fraction of sp³-hybridized carbons (Fsp3) is 0.308. The summed E-state index contributed by atoms with van der Waals surface area (Å²) >= 11 is 0. The molecule has 9 heteroatoms. The van der Waals surface area contributed by atoms with Gasteiger partial charge in [-0.3, -0.25) is 9.59 Å². The number of ketones is 1. The molecule has 0 saturated carbocycles. The van der Waals surface area contributed by atoms with Gasteiger partial charge in [-0.1, -0.05) is 12.7 Å². The lowest BCUT2D eigenvalue weighted by Crippen LogP contribution is -2.32. The average Bonchev–Trinajstić information content (AvgIpc) is 3.14. The third-order valence-corrected chi connectivity index (χ3v) is 5.57. The van der Waals surface area contributed by atoms with E-state index in [1.807, 2.05) is 0 Å². The Balaban J connectivity index is 2.18. The van der Waals surface area contributed by atoms with Crippen molar-refractivity contribution in [2.45, 2.75) is 6.04 Å². The molecular weight excluding hydrogens is 454 g/mol. The number of ether oxygens (including phenoxy) is 5. The lowest BCUT2D eigenvalue weighted by Gasteiger charge is -2.26. The maximum Gasteiger partial charge on any atom is 0.295 e. The molecule has 0 radical (unpaired) electrons. The summed E-state index contributed by atoms with van der Waals surface area (Å²) in [7, 11) is 5.92. The summed E-state index contributed by atoms with van der Waals surface area (Å²) in [6.45, 7) is 4.27. The molecule has 1 aliphatic heterocycles. The molecule has 1 N–H and O–H groups in total. The van der Waals surface area contributed by atoms with Crippen LogP contribution in [-0.4, -0.2) is 69.9 Å². The largest absolute Gasteiger partial charge is 0.507 e. The van der Waals surface area contributed by atoms with E-state index >= 15 is 0 Å². The van der Waals surface area contributed by atoms with Gasteiger partial charge in [0.25, 0.3) is 11.7 Å². The van der Waals surface area contributed by atoms with Gasteiger partial charge in [0.05, 0.1) is 39.6 Å². The highest BCUT2D eigenvalue weighted by molar-refractivity contribution is 6.46. The molecule has 0 bridgehead atoms. The Hall–Kier alpha value is -3.98. The van der Waals surface area contributed by atoms with Crippen LogP contribution in [0.25, 0.3) is 5.76 Å². The van der Waals surface area contributed by atoms with Gasteiger partial charge in [-0.15, -0.1) is 0 Å². The Morgan fingerprint density at radius 2 is 1.66 bits per heavy atom. The number of likely N-dealkylation sites (tertiary alicyclic amines) is 1. The summed E-state index contributed by atoms with van der Waals surface area (Å²) < 4.78 is 26.9. The Kier molecular flexibility index (Phi) is 8.38. The Morgan fingerprint density at radius 3 is 2.17 bits per heavy atom. The number of Topliss-reactive ketones (excluding diaryl/α,β-unsaturated/α-hetero) is 1. The van der Waals surface area contributed by atoms with Gasteiger partial charge in [-0.05, 0) is 42.0 Å². The number of aliphatic hydroxyl groups excluding tert-OH is 1. The van der Waals surface area contributed by atoms with Crippen LogP contribution in [0, 0.1) is 0 Å². The molecule has 1 atom stereocenters. The Labute approximate surface area is 204 Å². The van der Waals surface area contributed by atoms with E-state index in [2.05, 4.69) is 6.58 Å². The molecule has 1 saturated heterocycles. The van der Waals surface area contributed by atoms with Gasteiger partial charge >= 0.3 is 0 Å². The second-order valence-corrected chi connectivity index (χ2v) is 7.57. The number of rotatable bonds is 11. The lowest BCUT2D eigenvalue weighted by atomic mass is 9.94. The fourth-order valence-corrected chi connectivity index (χ4v) is 3.93. The van der Waals surface area contributed by atoms with E-state index in [-0.39, 0.29) is 24.5 Å². The van der Waals surface area contributed by atoms with Crippen molar-refractivity contribution < 1.29 is 38.4 Å². The molecule has 35 heavy (non-hydrogen) atoms. The monoisotopic (exact) mass is 483 g/mol. The van der Waals surface area contributed by atoms with Crippen LogP contribution >= 0.6 is 0 Å². The first kappa shape index (κ1) is 25.6. The number of hydrogen-bond donors (Lipinski definition) is 1. The second kappa shape index (κ2) is 11.4. The van der Waals surface area contributed by atoms with E-state index in [1.165, 1.54) is 33.3 Å². The number of methoxy groups -OCH3 is 4. The first-order valence-electron chi connectivity index (χ1n) is 10.8. The molecule has 1 heterocycles. The number of hydrogen-bond acceptors (Lipinski definition) is 8. The second-order valence-electron chi connectivity index (χ2n) is 7.57. The third-order valence-electron chi connectivity index (χ3n) is 5.57. The molecule has 0 aromatic heterocycles. The van der Waals surface area contributed by atoms with Crippen LogP contribution < -0.4 is 18.9 Å². The van der Waals surface area contributed by atoms with E-state index in [0.717, 1.165) is 0 Å². The number of carbonyl (C=O) groups excluding carboxylic acids is 2. The minimum atomic E-state index is -0.907. The quantitative estimate of drug-likeness (QED) is 0.225. The molecule has 186 valence electrons. The molecule has 9 nitrogen and oxygen atoms in total. The van der Waals surface area contributed by atoms with E-state index in [1.54, 1.807) is 42.5 Å². The van der Waals surface area contributed by atoms with Gasteiger partial charge < -0.3 is 33.7 Å². The minimum absolute atomic E-state index is 0.0554. The molecule has 1 fully saturated rings. The number of amides is 1. The highest BCUT2D eigenvalue weighted by atomic mass is 16.5. The van der Waals surface area contributed by atoms with Gasteiger partial charge in [0.2, 0.25) is 5.75 Å². The summed E-state index contributed by atoms with van der Waals surface area (Å²) in [6.07, 6.45) is 1.62. The molecule has 1 amide bonds. The van der Waals surface area contributed by atoms with Crippen molar-refractivity contribution >= 4 is 17.4 Å². The number of carbonyl (C=O) groups is 2. The third kappa shape index (κ3) is 5.09. The SMILES string of the molecule is C=CCOc1ccc(/C(O)=C2\C(=O)C(=O)N(CCOC)[C@@H]2c2cc(OC)c(OC)c(OC)c2)cc1. The van der Waals surface area contributed by atoms with Crippen molar-refractivity contribution in [1.82, 2.24) is 4.90 Å². The molecule has 3 rings (SSSR count). The molecule has 2 aromatic carbocycles. The molecule has 0 aliphatic carbocycles. The molecule has 0 unspecified atom stereocenters. The highest BCUT2D eigenvalue weighted by Crippen LogP contribution is 2.45. The van der Waals surface area contributed by atoms with Gasteiger partial charge in [-0.25, -0.2) is 0 Å². The van der Waals surface area contributed by atoms with Gasteiger partial charge in [0, 0.05) is 19.2 Å². The van der Waals surface area contributed by atoms with Crippen LogP contribution in [0.4, 0.5) is 0 Å². The van der Waals surface area contributed by atoms with Crippen LogP contribution in [0.1, 0.15) is 17.2 Å². The van der Waals surface area contributed by atoms with Crippen LogP contribution in [0.3, 0.4) is 0 Å². The molecule has 1 aliphatic rings. The van der Waals surface area contributed by atoms with Crippen molar-refractivity contribution in [3.05, 3.63) is 65.8 Å². The van der Waals surface area contributed by atoms with E-state index < -0.39 is 17.7 Å². The number of aliphatic hydroxyl groups is 1. The van der Waals surface area contributed by atoms with Crippen LogP contribution in [-0.2, 0) is 14.3 Å². The van der Waals surface area contributed by atoms with Crippen LogP contribution in [0.15, 0.2) is 54.6 Å². The first-order valence-corrected chi connectivity index (χ1v) is 10.8. The lowest BCUT2D eigenvalue weighted by molar-refractivity contribution is -0.140. The van der Waals surface area contributed by atoms with Crippen molar-refractivity contribution in [3.8, 4) is 23.0 Å². The Morgan fingerprint density at radius 1 is 1.03 bits per heavy atom. The van der Waals surface area contributed by atoms with Crippen molar-refractivity contribution in [1.29, 1.82) is 0 Å². The normalized spacial score (nSPS) is 16.8. The molecule has 2 aromatic rings. The molecular formula is C26H29NO8. The van der Waals surface area contributed by atoms with Gasteiger partial charge in [-0.2, -0.15) is 0 Å². The predicted octanol–water partition coefficient (Wildman–Crippen LogP) is 3.35. The van der Waals surface area contributed by atoms with E-state index in [9.17, 15) is 14.7 Å². The number of nitrogens with zero attached hydrogens (tertiary/aromatic N) is 1. The van der Waals surface area contributed by atoms with Crippen LogP contribution in [0.5, 0.6) is 23.0 Å². The number of benzene rings is 2. The zero-order chi connectivity index (χ0) is 25.5. The maximum atomic E-state index is 13.1. The summed E-state index contributed by atoms with van der Waals surface area (Å²) in [4.78, 5) is 27.5. The zero-order valence-electron chi connectivity index (χ0n) is 20.2. The van der Waals surface area contributed by atoms with Gasteiger partial charge in [0.1, 0.15) is 18.1 Å². The zero-order valence-corrected chi connectivity index (χ0v) is 20.2. The highest BCUT2D eigenvalue weighted by Gasteiger charge is 2.46. The molecule has 0 spiro atoms. The summed E-state index contributed by atoms with van der Waals surface area (Å²) in [5.74, 6) is -0.216. The topological polar surface area (TPSA) is 104 Å². The smallest absolute Gasteiger partial charge is 0.295 e.